The van der Waals surface area contributed by atoms with Crippen LogP contribution < -0.4 is 0 Å². The van der Waals surface area contributed by atoms with Crippen molar-refractivity contribution in [3.63, 3.8) is 0 Å². The van der Waals surface area contributed by atoms with E-state index in [1.165, 1.54) is 0 Å². The molecule has 0 atom stereocenters. The van der Waals surface area contributed by atoms with Gasteiger partial charge in [0.2, 0.25) is 0 Å². The predicted octanol–water partition coefficient (Wildman–Crippen LogP) is 3.09. The zero-order chi connectivity index (χ0) is 12.4. The molecule has 6 heteroatoms. The zero-order valence-corrected chi connectivity index (χ0v) is 8.57. The number of carbonyl (C=O) groups is 1. The molecule has 0 rings (SSSR count). The summed E-state index contributed by atoms with van der Waals surface area (Å²) in [5.74, 6) is -9.77. The molecule has 15 heavy (non-hydrogen) atoms. The number of carboxylic acids is 1. The van der Waals surface area contributed by atoms with Gasteiger partial charge in [0, 0.05) is 18.9 Å². The van der Waals surface area contributed by atoms with Gasteiger partial charge in [-0.25, -0.2) is 13.6 Å². The van der Waals surface area contributed by atoms with Crippen LogP contribution in [0.15, 0.2) is 11.1 Å². The Balaban J connectivity index is 4.91. The lowest BCUT2D eigenvalue weighted by Gasteiger charge is -2.23. The van der Waals surface area contributed by atoms with Crippen molar-refractivity contribution in [2.24, 2.45) is 0 Å². The molecular weight excluding hydrogens is 216 g/mol. The molecular formula is C9H12F4O2. The second-order valence-corrected chi connectivity index (χ2v) is 3.48. The highest BCUT2D eigenvalue weighted by molar-refractivity contribution is 5.86. The molecule has 88 valence electrons. The van der Waals surface area contributed by atoms with E-state index in [-0.39, 0.29) is 18.1 Å². The lowest BCUT2D eigenvalue weighted by Crippen LogP contribution is -2.37. The molecule has 0 aromatic carbocycles. The maximum Gasteiger partial charge on any atom is 0.331 e. The highest BCUT2D eigenvalue weighted by Crippen LogP contribution is 2.38. The molecule has 0 aromatic heterocycles. The van der Waals surface area contributed by atoms with Crippen LogP contribution in [0.3, 0.4) is 0 Å². The van der Waals surface area contributed by atoms with E-state index in [0.29, 0.717) is 0 Å². The van der Waals surface area contributed by atoms with E-state index in [1.54, 1.807) is 0 Å². The molecule has 0 aliphatic heterocycles. The number of hydrogen-bond acceptors (Lipinski definition) is 1. The van der Waals surface area contributed by atoms with Crippen molar-refractivity contribution < 1.29 is 27.5 Å². The second-order valence-electron chi connectivity index (χ2n) is 3.48. The number of aliphatic carboxylic acids is 1. The second kappa shape index (κ2) is 4.20. The molecule has 1 N–H and O–H groups in total. The van der Waals surface area contributed by atoms with Gasteiger partial charge in [0.25, 0.3) is 0 Å². The van der Waals surface area contributed by atoms with Gasteiger partial charge in [-0.15, -0.1) is 0 Å². The Kier molecular flexibility index (Phi) is 3.90. The SMILES string of the molecule is CC(CC(F)(F)C(C)(F)F)=C(C)C(=O)O. The number of hydrogen-bond donors (Lipinski definition) is 1. The van der Waals surface area contributed by atoms with Crippen molar-refractivity contribution in [2.75, 3.05) is 0 Å². The Morgan fingerprint density at radius 3 is 1.87 bits per heavy atom. The normalized spacial score (nSPS) is 14.9. The largest absolute Gasteiger partial charge is 0.478 e. The molecule has 0 aliphatic rings. The first-order chi connectivity index (χ1) is 6.49. The highest BCUT2D eigenvalue weighted by atomic mass is 19.3. The minimum absolute atomic E-state index is 0.108. The summed E-state index contributed by atoms with van der Waals surface area (Å²) < 4.78 is 50.5. The Labute approximate surface area is 84.6 Å². The molecule has 2 nitrogen and oxygen atoms in total. The predicted molar refractivity (Wildman–Crippen MR) is 46.2 cm³/mol. The molecule has 0 heterocycles. The summed E-state index contributed by atoms with van der Waals surface area (Å²) in [5, 5.41) is 8.46. The van der Waals surface area contributed by atoms with Crippen LogP contribution in [-0.2, 0) is 4.79 Å². The molecule has 0 aliphatic carbocycles. The smallest absolute Gasteiger partial charge is 0.331 e. The van der Waals surface area contributed by atoms with E-state index in [9.17, 15) is 22.4 Å². The third kappa shape index (κ3) is 3.53. The monoisotopic (exact) mass is 228 g/mol. The van der Waals surface area contributed by atoms with Gasteiger partial charge < -0.3 is 5.11 Å². The fourth-order valence-electron chi connectivity index (χ4n) is 0.803. The van der Waals surface area contributed by atoms with Gasteiger partial charge in [0.15, 0.2) is 0 Å². The molecule has 0 amide bonds. The van der Waals surface area contributed by atoms with E-state index in [0.717, 1.165) is 13.8 Å². The maximum atomic E-state index is 12.8. The summed E-state index contributed by atoms with van der Waals surface area (Å²) >= 11 is 0. The molecule has 0 unspecified atom stereocenters. The van der Waals surface area contributed by atoms with E-state index >= 15 is 0 Å². The van der Waals surface area contributed by atoms with Gasteiger partial charge in [-0.2, -0.15) is 8.78 Å². The topological polar surface area (TPSA) is 37.3 Å². The third-order valence-electron chi connectivity index (χ3n) is 2.09. The van der Waals surface area contributed by atoms with Crippen LogP contribution in [-0.4, -0.2) is 22.9 Å². The standard InChI is InChI=1S/C9H12F4O2/c1-5(6(2)7(14)15)4-9(12,13)8(3,10)11/h4H2,1-3H3,(H,14,15). The fraction of sp³-hybridized carbons (Fsp3) is 0.667. The van der Waals surface area contributed by atoms with Gasteiger partial charge >= 0.3 is 17.8 Å². The fourth-order valence-corrected chi connectivity index (χ4v) is 0.803. The van der Waals surface area contributed by atoms with Gasteiger partial charge in [-0.1, -0.05) is 5.57 Å². The Morgan fingerprint density at radius 1 is 1.20 bits per heavy atom. The first-order valence-electron chi connectivity index (χ1n) is 4.14. The van der Waals surface area contributed by atoms with Gasteiger partial charge in [-0.05, 0) is 13.8 Å². The van der Waals surface area contributed by atoms with Crippen LogP contribution in [0.25, 0.3) is 0 Å². The van der Waals surface area contributed by atoms with E-state index in [1.807, 2.05) is 0 Å². The van der Waals surface area contributed by atoms with Crippen molar-refractivity contribution in [3.8, 4) is 0 Å². The summed E-state index contributed by atoms with van der Waals surface area (Å²) in [6.45, 7) is 2.31. The highest BCUT2D eigenvalue weighted by Gasteiger charge is 2.51. The number of allylic oxidation sites excluding steroid dienone is 1. The van der Waals surface area contributed by atoms with Crippen molar-refractivity contribution in [1.82, 2.24) is 0 Å². The minimum atomic E-state index is -4.23. The zero-order valence-electron chi connectivity index (χ0n) is 8.57. The Bertz CT molecular complexity index is 289. The van der Waals surface area contributed by atoms with Crippen molar-refractivity contribution in [3.05, 3.63) is 11.1 Å². The summed E-state index contributed by atoms with van der Waals surface area (Å²) in [7, 11) is 0. The number of rotatable bonds is 4. The van der Waals surface area contributed by atoms with Crippen molar-refractivity contribution >= 4 is 5.97 Å². The molecule has 0 radical (unpaired) electrons. The average Bonchev–Trinajstić information content (AvgIpc) is 1.99. The van der Waals surface area contributed by atoms with Crippen molar-refractivity contribution in [1.29, 1.82) is 0 Å². The number of alkyl halides is 4. The summed E-state index contributed by atoms with van der Waals surface area (Å²) in [4.78, 5) is 10.4. The number of halogens is 4. The Morgan fingerprint density at radius 2 is 1.60 bits per heavy atom. The lowest BCUT2D eigenvalue weighted by atomic mass is 10.0. The quantitative estimate of drug-likeness (QED) is 0.593. The number of carboxylic acid groups (broad SMARTS) is 1. The first-order valence-corrected chi connectivity index (χ1v) is 4.14. The average molecular weight is 228 g/mol. The molecule has 0 spiro atoms. The van der Waals surface area contributed by atoms with Crippen LogP contribution >= 0.6 is 0 Å². The molecule has 0 saturated carbocycles. The molecule has 0 saturated heterocycles. The van der Waals surface area contributed by atoms with Crippen LogP contribution in [0.1, 0.15) is 27.2 Å². The van der Waals surface area contributed by atoms with E-state index < -0.39 is 24.2 Å². The summed E-state index contributed by atoms with van der Waals surface area (Å²) in [6.07, 6.45) is -1.26. The minimum Gasteiger partial charge on any atom is -0.478 e. The van der Waals surface area contributed by atoms with Crippen molar-refractivity contribution in [2.45, 2.75) is 39.0 Å². The van der Waals surface area contributed by atoms with Gasteiger partial charge in [-0.3, -0.25) is 0 Å². The van der Waals surface area contributed by atoms with Crippen LogP contribution in [0, 0.1) is 0 Å². The van der Waals surface area contributed by atoms with E-state index in [4.69, 9.17) is 5.11 Å². The van der Waals surface area contributed by atoms with Crippen LogP contribution in [0.2, 0.25) is 0 Å². The third-order valence-corrected chi connectivity index (χ3v) is 2.09. The van der Waals surface area contributed by atoms with Gasteiger partial charge in [0.05, 0.1) is 0 Å². The molecule has 0 bridgehead atoms. The Hall–Kier alpha value is -1.07. The molecule has 0 aromatic rings. The first kappa shape index (κ1) is 13.9. The summed E-state index contributed by atoms with van der Waals surface area (Å²) in [5.41, 5.74) is -0.590. The van der Waals surface area contributed by atoms with Crippen LogP contribution in [0.4, 0.5) is 17.6 Å². The molecule has 0 fully saturated rings. The van der Waals surface area contributed by atoms with E-state index in [2.05, 4.69) is 0 Å². The summed E-state index contributed by atoms with van der Waals surface area (Å²) in [6, 6.07) is 0. The lowest BCUT2D eigenvalue weighted by molar-refractivity contribution is -0.196. The maximum absolute atomic E-state index is 12.8. The van der Waals surface area contributed by atoms with Gasteiger partial charge in [0.1, 0.15) is 0 Å². The van der Waals surface area contributed by atoms with Crippen LogP contribution in [0.5, 0.6) is 0 Å².